The van der Waals surface area contributed by atoms with Crippen LogP contribution >= 0.6 is 0 Å². The molecular formula is C25H23F9O2. The second-order valence-corrected chi connectivity index (χ2v) is 10.0. The number of alkyl halides is 9. The Hall–Kier alpha value is -2.38. The van der Waals surface area contributed by atoms with Crippen molar-refractivity contribution in [3.8, 4) is 17.6 Å². The van der Waals surface area contributed by atoms with Crippen molar-refractivity contribution in [2.75, 3.05) is 6.61 Å². The summed E-state index contributed by atoms with van der Waals surface area (Å²) < 4.78 is 121. The van der Waals surface area contributed by atoms with Crippen LogP contribution in [0.4, 0.5) is 39.5 Å². The van der Waals surface area contributed by atoms with Gasteiger partial charge in [0.15, 0.2) is 0 Å². The van der Waals surface area contributed by atoms with Crippen molar-refractivity contribution >= 4 is 5.78 Å². The average Bonchev–Trinajstić information content (AvgIpc) is 3.10. The highest BCUT2D eigenvalue weighted by atomic mass is 19.4. The molecule has 1 aromatic rings. The number of fused-ring (bicyclic) bond motifs is 5. The molecule has 3 aliphatic carbocycles. The molecule has 36 heavy (non-hydrogen) atoms. The summed E-state index contributed by atoms with van der Waals surface area (Å²) >= 11 is 0. The van der Waals surface area contributed by atoms with Gasteiger partial charge in [0.2, 0.25) is 0 Å². The summed E-state index contributed by atoms with van der Waals surface area (Å²) in [5, 5.41) is 0. The Kier molecular flexibility index (Phi) is 6.36. The van der Waals surface area contributed by atoms with E-state index in [9.17, 15) is 44.3 Å². The lowest BCUT2D eigenvalue weighted by Gasteiger charge is -2.48. The maximum Gasteiger partial charge on any atom is 0.460 e. The van der Waals surface area contributed by atoms with Crippen LogP contribution in [0.3, 0.4) is 0 Å². The van der Waals surface area contributed by atoms with Crippen molar-refractivity contribution in [2.45, 2.75) is 75.3 Å². The van der Waals surface area contributed by atoms with Crippen LogP contribution in [0.15, 0.2) is 18.2 Å². The summed E-state index contributed by atoms with van der Waals surface area (Å²) in [5.41, 5.74) is 1.78. The molecule has 0 aliphatic heterocycles. The van der Waals surface area contributed by atoms with Crippen molar-refractivity contribution in [2.24, 2.45) is 17.3 Å². The first kappa shape index (κ1) is 26.7. The average molecular weight is 526 g/mol. The van der Waals surface area contributed by atoms with Crippen LogP contribution in [0.2, 0.25) is 0 Å². The third-order valence-electron chi connectivity index (χ3n) is 8.11. The van der Waals surface area contributed by atoms with E-state index in [0.717, 1.165) is 36.8 Å². The molecule has 0 bridgehead atoms. The van der Waals surface area contributed by atoms with Crippen molar-refractivity contribution in [3.63, 3.8) is 0 Å². The van der Waals surface area contributed by atoms with Gasteiger partial charge in [-0.1, -0.05) is 18.9 Å². The summed E-state index contributed by atoms with van der Waals surface area (Å²) in [6, 6.07) is 5.02. The third-order valence-corrected chi connectivity index (χ3v) is 8.11. The predicted molar refractivity (Wildman–Crippen MR) is 110 cm³/mol. The van der Waals surface area contributed by atoms with Crippen molar-refractivity contribution in [1.29, 1.82) is 0 Å². The molecular weight excluding hydrogens is 503 g/mol. The van der Waals surface area contributed by atoms with Gasteiger partial charge in [-0.2, -0.15) is 39.5 Å². The SMILES string of the molecule is C[C@]12CC[C@@H]3c4ccc(OCC#CC(F)(F)C(F)(F)C(F)(F)C(F)(F)F)cc4CC[C@H]3[C@@H]1CCC2=O. The maximum absolute atomic E-state index is 13.5. The molecule has 2 nitrogen and oxygen atoms in total. The van der Waals surface area contributed by atoms with Crippen LogP contribution in [0.5, 0.6) is 5.75 Å². The number of benzene rings is 1. The number of carbonyl (C=O) groups is 1. The van der Waals surface area contributed by atoms with E-state index in [2.05, 4.69) is 6.92 Å². The number of aryl methyl sites for hydroxylation is 1. The standard InChI is InChI=1S/C25H23F9O2/c1-21-11-9-17-16-6-4-15(13-14(16)3-5-18(17)19(21)7-8-20(21)35)36-12-2-10-22(26,27)23(28,29)24(30,31)25(32,33)34/h4,6,13,17-19H,3,5,7-9,11-12H2,1H3/t17-,18-,19+,21+/m1/s1. The van der Waals surface area contributed by atoms with Gasteiger partial charge in [-0.15, -0.1) is 0 Å². The number of Topliss-reactive ketones (excluding diaryl/α,β-unsaturated/α-hetero) is 1. The van der Waals surface area contributed by atoms with Gasteiger partial charge in [0.25, 0.3) is 0 Å². The molecule has 0 aromatic heterocycles. The zero-order valence-electron chi connectivity index (χ0n) is 19.1. The van der Waals surface area contributed by atoms with Gasteiger partial charge < -0.3 is 4.74 Å². The number of hydrogen-bond acceptors (Lipinski definition) is 2. The Bertz CT molecular complexity index is 1100. The smallest absolute Gasteiger partial charge is 0.460 e. The molecule has 0 amide bonds. The fraction of sp³-hybridized carbons (Fsp3) is 0.640. The zero-order chi connectivity index (χ0) is 26.7. The van der Waals surface area contributed by atoms with E-state index in [1.807, 2.05) is 6.07 Å². The highest BCUT2D eigenvalue weighted by molar-refractivity contribution is 5.87. The Morgan fingerprint density at radius 3 is 2.33 bits per heavy atom. The largest absolute Gasteiger partial charge is 0.481 e. The van der Waals surface area contributed by atoms with Crippen LogP contribution in [0, 0.1) is 29.1 Å². The summed E-state index contributed by atoms with van der Waals surface area (Å²) in [4.78, 5) is 12.4. The molecule has 0 heterocycles. The predicted octanol–water partition coefficient (Wildman–Crippen LogP) is 6.96. The summed E-state index contributed by atoms with van der Waals surface area (Å²) in [7, 11) is 0. The quantitative estimate of drug-likeness (QED) is 0.313. The Morgan fingerprint density at radius 1 is 0.972 bits per heavy atom. The highest BCUT2D eigenvalue weighted by Gasteiger charge is 2.81. The third kappa shape index (κ3) is 4.04. The number of carbonyl (C=O) groups excluding carboxylic acids is 1. The van der Waals surface area contributed by atoms with Gasteiger partial charge in [0.1, 0.15) is 18.1 Å². The fourth-order valence-corrected chi connectivity index (χ4v) is 6.14. The van der Waals surface area contributed by atoms with E-state index >= 15 is 0 Å². The Balaban J connectivity index is 1.43. The molecule has 11 heteroatoms. The first-order chi connectivity index (χ1) is 16.5. The lowest BCUT2D eigenvalue weighted by atomic mass is 9.55. The molecule has 0 radical (unpaired) electrons. The van der Waals surface area contributed by atoms with Crippen molar-refractivity contribution in [1.82, 2.24) is 0 Å². The summed E-state index contributed by atoms with van der Waals surface area (Å²) in [5.74, 6) is -16.3. The van der Waals surface area contributed by atoms with Gasteiger partial charge in [0, 0.05) is 11.8 Å². The topological polar surface area (TPSA) is 26.3 Å². The van der Waals surface area contributed by atoms with Crippen molar-refractivity contribution in [3.05, 3.63) is 29.3 Å². The lowest BCUT2D eigenvalue weighted by Crippen LogP contribution is -2.60. The molecule has 0 saturated heterocycles. The number of halogens is 9. The first-order valence-corrected chi connectivity index (χ1v) is 11.5. The van der Waals surface area contributed by atoms with Gasteiger partial charge in [-0.3, -0.25) is 4.79 Å². The van der Waals surface area contributed by atoms with Gasteiger partial charge in [0.05, 0.1) is 0 Å². The molecule has 198 valence electrons. The van der Waals surface area contributed by atoms with E-state index in [0.29, 0.717) is 36.4 Å². The lowest BCUT2D eigenvalue weighted by molar-refractivity contribution is -0.386. The zero-order valence-corrected chi connectivity index (χ0v) is 19.1. The van der Waals surface area contributed by atoms with Crippen LogP contribution in [0.25, 0.3) is 0 Å². The van der Waals surface area contributed by atoms with Crippen LogP contribution in [-0.4, -0.2) is 36.3 Å². The fourth-order valence-electron chi connectivity index (χ4n) is 6.14. The minimum atomic E-state index is -6.97. The maximum atomic E-state index is 13.5. The summed E-state index contributed by atoms with van der Waals surface area (Å²) in [6.07, 6.45) is -2.19. The minimum Gasteiger partial charge on any atom is -0.481 e. The van der Waals surface area contributed by atoms with Gasteiger partial charge in [-0.05, 0) is 79.0 Å². The molecule has 0 spiro atoms. The Labute approximate surface area is 201 Å². The van der Waals surface area contributed by atoms with E-state index in [-0.39, 0.29) is 17.1 Å². The Morgan fingerprint density at radius 2 is 1.67 bits per heavy atom. The monoisotopic (exact) mass is 526 g/mol. The van der Waals surface area contributed by atoms with Crippen LogP contribution in [-0.2, 0) is 11.2 Å². The van der Waals surface area contributed by atoms with Crippen LogP contribution in [0.1, 0.15) is 56.1 Å². The van der Waals surface area contributed by atoms with E-state index in [4.69, 9.17) is 4.74 Å². The molecule has 2 saturated carbocycles. The normalized spacial score (nSPS) is 28.5. The van der Waals surface area contributed by atoms with Crippen LogP contribution < -0.4 is 4.74 Å². The summed E-state index contributed by atoms with van der Waals surface area (Å²) in [6.45, 7) is 1.14. The number of ether oxygens (including phenoxy) is 1. The molecule has 4 rings (SSSR count). The molecule has 1 aromatic carbocycles. The van der Waals surface area contributed by atoms with E-state index < -0.39 is 30.6 Å². The molecule has 3 aliphatic rings. The second kappa shape index (κ2) is 8.59. The molecule has 0 N–H and O–H groups in total. The van der Waals surface area contributed by atoms with E-state index in [1.165, 1.54) is 5.92 Å². The molecule has 4 atom stereocenters. The van der Waals surface area contributed by atoms with Gasteiger partial charge >= 0.3 is 23.9 Å². The van der Waals surface area contributed by atoms with Crippen molar-refractivity contribution < 1.29 is 49.0 Å². The highest BCUT2D eigenvalue weighted by Crippen LogP contribution is 2.59. The molecule has 2 fully saturated rings. The number of rotatable bonds is 4. The number of ketones is 1. The first-order valence-electron chi connectivity index (χ1n) is 11.5. The molecule has 0 unspecified atom stereocenters. The minimum absolute atomic E-state index is 0.175. The van der Waals surface area contributed by atoms with E-state index in [1.54, 1.807) is 12.1 Å². The second-order valence-electron chi connectivity index (χ2n) is 10.0. The number of hydrogen-bond donors (Lipinski definition) is 0. The van der Waals surface area contributed by atoms with Gasteiger partial charge in [-0.25, -0.2) is 0 Å².